The topological polar surface area (TPSA) is 68.0 Å². The SMILES string of the molecule is Cc1ccc2nc(NC(=O)C(C)CCN)sc2c1. The molecule has 2 rings (SSSR count). The van der Waals surface area contributed by atoms with Crippen molar-refractivity contribution in [2.75, 3.05) is 11.9 Å². The number of aromatic nitrogens is 1. The van der Waals surface area contributed by atoms with Crippen molar-refractivity contribution in [3.8, 4) is 0 Å². The molecular formula is C13H17N3OS. The van der Waals surface area contributed by atoms with Gasteiger partial charge in [0.25, 0.3) is 0 Å². The number of aryl methyl sites for hydroxylation is 1. The lowest BCUT2D eigenvalue weighted by molar-refractivity contribution is -0.119. The number of hydrogen-bond donors (Lipinski definition) is 2. The van der Waals surface area contributed by atoms with Crippen LogP contribution in [0.4, 0.5) is 5.13 Å². The minimum absolute atomic E-state index is 0.0174. The molecule has 2 aromatic rings. The summed E-state index contributed by atoms with van der Waals surface area (Å²) < 4.78 is 1.09. The summed E-state index contributed by atoms with van der Waals surface area (Å²) in [5.41, 5.74) is 7.56. The van der Waals surface area contributed by atoms with Gasteiger partial charge in [0, 0.05) is 5.92 Å². The quantitative estimate of drug-likeness (QED) is 0.890. The van der Waals surface area contributed by atoms with Crippen molar-refractivity contribution in [1.82, 2.24) is 4.98 Å². The Bertz CT molecular complexity index is 564. The number of carbonyl (C=O) groups excluding carboxylic acids is 1. The highest BCUT2D eigenvalue weighted by Crippen LogP contribution is 2.27. The summed E-state index contributed by atoms with van der Waals surface area (Å²) >= 11 is 1.50. The zero-order valence-electron chi connectivity index (χ0n) is 10.6. The number of hydrogen-bond acceptors (Lipinski definition) is 4. The number of amides is 1. The predicted octanol–water partition coefficient (Wildman–Crippen LogP) is 2.53. The van der Waals surface area contributed by atoms with Gasteiger partial charge >= 0.3 is 0 Å². The Hall–Kier alpha value is -1.46. The van der Waals surface area contributed by atoms with Crippen LogP contribution in [0, 0.1) is 12.8 Å². The Kier molecular flexibility index (Phi) is 3.93. The molecular weight excluding hydrogens is 246 g/mol. The van der Waals surface area contributed by atoms with Crippen LogP contribution >= 0.6 is 11.3 Å². The second-order valence-electron chi connectivity index (χ2n) is 4.46. The number of nitrogens with two attached hydrogens (primary N) is 1. The third-order valence-corrected chi connectivity index (χ3v) is 3.75. The van der Waals surface area contributed by atoms with Gasteiger partial charge in [-0.15, -0.1) is 0 Å². The number of nitrogens with zero attached hydrogens (tertiary/aromatic N) is 1. The first-order valence-corrected chi connectivity index (χ1v) is 6.80. The molecule has 1 heterocycles. The summed E-state index contributed by atoms with van der Waals surface area (Å²) in [7, 11) is 0. The molecule has 0 fully saturated rings. The maximum absolute atomic E-state index is 11.8. The number of rotatable bonds is 4. The van der Waals surface area contributed by atoms with Gasteiger partial charge in [0.1, 0.15) is 0 Å². The van der Waals surface area contributed by atoms with Crippen molar-refractivity contribution in [2.45, 2.75) is 20.3 Å². The number of fused-ring (bicyclic) bond motifs is 1. The van der Waals surface area contributed by atoms with Crippen LogP contribution < -0.4 is 11.1 Å². The standard InChI is InChI=1S/C13H17N3OS/c1-8-3-4-10-11(7-8)18-13(15-10)16-12(17)9(2)5-6-14/h3-4,7,9H,5-6,14H2,1-2H3,(H,15,16,17). The van der Waals surface area contributed by atoms with Crippen molar-refractivity contribution in [3.05, 3.63) is 23.8 Å². The maximum atomic E-state index is 11.8. The summed E-state index contributed by atoms with van der Waals surface area (Å²) in [4.78, 5) is 16.2. The summed E-state index contributed by atoms with van der Waals surface area (Å²) in [6, 6.07) is 6.07. The van der Waals surface area contributed by atoms with Crippen molar-refractivity contribution in [2.24, 2.45) is 11.7 Å². The van der Waals surface area contributed by atoms with Crippen LogP contribution in [0.25, 0.3) is 10.2 Å². The second kappa shape index (κ2) is 5.46. The van der Waals surface area contributed by atoms with Gasteiger partial charge in [-0.1, -0.05) is 24.3 Å². The van der Waals surface area contributed by atoms with Crippen LogP contribution in [0.5, 0.6) is 0 Å². The molecule has 0 spiro atoms. The molecule has 0 aliphatic heterocycles. The molecule has 4 nitrogen and oxygen atoms in total. The molecule has 1 aromatic heterocycles. The Balaban J connectivity index is 2.14. The lowest BCUT2D eigenvalue weighted by Crippen LogP contribution is -2.22. The van der Waals surface area contributed by atoms with Gasteiger partial charge in [-0.05, 0) is 37.6 Å². The lowest BCUT2D eigenvalue weighted by Gasteiger charge is -2.08. The Morgan fingerprint density at radius 3 is 3.06 bits per heavy atom. The lowest BCUT2D eigenvalue weighted by atomic mass is 10.1. The van der Waals surface area contributed by atoms with Crippen LogP contribution in [-0.2, 0) is 4.79 Å². The monoisotopic (exact) mass is 263 g/mol. The van der Waals surface area contributed by atoms with Gasteiger partial charge in [-0.3, -0.25) is 4.79 Å². The fraction of sp³-hybridized carbons (Fsp3) is 0.385. The van der Waals surface area contributed by atoms with Gasteiger partial charge in [0.05, 0.1) is 10.2 Å². The van der Waals surface area contributed by atoms with E-state index in [2.05, 4.69) is 16.4 Å². The summed E-state index contributed by atoms with van der Waals surface area (Å²) in [6.45, 7) is 4.44. The van der Waals surface area contributed by atoms with Crippen LogP contribution in [0.1, 0.15) is 18.9 Å². The zero-order chi connectivity index (χ0) is 13.1. The molecule has 0 saturated carbocycles. The van der Waals surface area contributed by atoms with E-state index in [-0.39, 0.29) is 11.8 Å². The number of benzene rings is 1. The molecule has 5 heteroatoms. The second-order valence-corrected chi connectivity index (χ2v) is 5.49. The molecule has 3 N–H and O–H groups in total. The van der Waals surface area contributed by atoms with E-state index in [1.807, 2.05) is 26.0 Å². The number of carbonyl (C=O) groups is 1. The predicted molar refractivity (Wildman–Crippen MR) is 75.8 cm³/mol. The molecule has 0 aliphatic rings. The van der Waals surface area contributed by atoms with E-state index >= 15 is 0 Å². The highest BCUT2D eigenvalue weighted by Gasteiger charge is 2.14. The first kappa shape index (κ1) is 13.0. The fourth-order valence-electron chi connectivity index (χ4n) is 1.69. The first-order valence-electron chi connectivity index (χ1n) is 5.98. The number of nitrogens with one attached hydrogen (secondary N) is 1. The third-order valence-electron chi connectivity index (χ3n) is 2.82. The first-order chi connectivity index (χ1) is 8.60. The number of anilines is 1. The minimum Gasteiger partial charge on any atom is -0.330 e. The van der Waals surface area contributed by atoms with Gasteiger partial charge in [0.15, 0.2) is 5.13 Å². The van der Waals surface area contributed by atoms with Gasteiger partial charge in [0.2, 0.25) is 5.91 Å². The van der Waals surface area contributed by atoms with E-state index in [4.69, 9.17) is 5.73 Å². The zero-order valence-corrected chi connectivity index (χ0v) is 11.4. The van der Waals surface area contributed by atoms with Crippen LogP contribution in [-0.4, -0.2) is 17.4 Å². The van der Waals surface area contributed by atoms with E-state index in [0.29, 0.717) is 18.1 Å². The van der Waals surface area contributed by atoms with E-state index in [0.717, 1.165) is 10.2 Å². The van der Waals surface area contributed by atoms with Crippen molar-refractivity contribution in [1.29, 1.82) is 0 Å². The minimum atomic E-state index is -0.0799. The molecule has 0 saturated heterocycles. The van der Waals surface area contributed by atoms with Crippen LogP contribution in [0.3, 0.4) is 0 Å². The van der Waals surface area contributed by atoms with Gasteiger partial charge < -0.3 is 11.1 Å². The Morgan fingerprint density at radius 2 is 2.33 bits per heavy atom. The largest absolute Gasteiger partial charge is 0.330 e. The Morgan fingerprint density at radius 1 is 1.56 bits per heavy atom. The van der Waals surface area contributed by atoms with E-state index in [9.17, 15) is 4.79 Å². The average Bonchev–Trinajstić information content (AvgIpc) is 2.70. The van der Waals surface area contributed by atoms with E-state index in [1.54, 1.807) is 0 Å². The van der Waals surface area contributed by atoms with Crippen molar-refractivity contribution < 1.29 is 4.79 Å². The molecule has 1 aromatic carbocycles. The summed E-state index contributed by atoms with van der Waals surface area (Å²) in [5.74, 6) is -0.0972. The van der Waals surface area contributed by atoms with Crippen LogP contribution in [0.2, 0.25) is 0 Å². The van der Waals surface area contributed by atoms with Crippen LogP contribution in [0.15, 0.2) is 18.2 Å². The summed E-state index contributed by atoms with van der Waals surface area (Å²) in [5, 5.41) is 3.51. The van der Waals surface area contributed by atoms with E-state index < -0.39 is 0 Å². The molecule has 0 bridgehead atoms. The molecule has 96 valence electrons. The molecule has 1 amide bonds. The molecule has 18 heavy (non-hydrogen) atoms. The normalized spacial score (nSPS) is 12.6. The highest BCUT2D eigenvalue weighted by atomic mass is 32.1. The Labute approximate surface area is 110 Å². The van der Waals surface area contributed by atoms with Crippen molar-refractivity contribution in [3.63, 3.8) is 0 Å². The van der Waals surface area contributed by atoms with Gasteiger partial charge in [-0.25, -0.2) is 4.98 Å². The van der Waals surface area contributed by atoms with E-state index in [1.165, 1.54) is 16.9 Å². The summed E-state index contributed by atoms with van der Waals surface area (Å²) in [6.07, 6.45) is 0.690. The van der Waals surface area contributed by atoms with Gasteiger partial charge in [-0.2, -0.15) is 0 Å². The average molecular weight is 263 g/mol. The molecule has 1 unspecified atom stereocenters. The smallest absolute Gasteiger partial charge is 0.229 e. The highest BCUT2D eigenvalue weighted by molar-refractivity contribution is 7.22. The fourth-order valence-corrected chi connectivity index (χ4v) is 2.66. The number of thiazole rings is 1. The molecule has 0 radical (unpaired) electrons. The third kappa shape index (κ3) is 2.86. The van der Waals surface area contributed by atoms with Crippen molar-refractivity contribution >= 4 is 32.6 Å². The molecule has 0 aliphatic carbocycles. The maximum Gasteiger partial charge on any atom is 0.229 e. The molecule has 1 atom stereocenters.